The number of hydrogen-bond acceptors (Lipinski definition) is 8. The van der Waals surface area contributed by atoms with Crippen LogP contribution in [-0.4, -0.2) is 49.1 Å². The SMILES string of the molecule is Cc1ncc(CN2C=C([N+](=O)[O-])N(CCO)C2C)c(N)n1. The van der Waals surface area contributed by atoms with Gasteiger partial charge in [-0.25, -0.2) is 14.9 Å². The highest BCUT2D eigenvalue weighted by Crippen LogP contribution is 2.25. The van der Waals surface area contributed by atoms with E-state index >= 15 is 0 Å². The number of nitrogen functional groups attached to an aromatic ring is 1. The van der Waals surface area contributed by atoms with Gasteiger partial charge in [0.2, 0.25) is 0 Å². The molecule has 1 aromatic heterocycles. The molecular weight excluding hydrogens is 276 g/mol. The van der Waals surface area contributed by atoms with E-state index in [-0.39, 0.29) is 25.1 Å². The quantitative estimate of drug-likeness (QED) is 0.570. The molecule has 0 spiro atoms. The fraction of sp³-hybridized carbons (Fsp3) is 0.500. The summed E-state index contributed by atoms with van der Waals surface area (Å²) in [6, 6.07) is 0. The van der Waals surface area contributed by atoms with Gasteiger partial charge < -0.3 is 25.9 Å². The molecule has 0 amide bonds. The number of nitro groups is 1. The second-order valence-electron chi connectivity index (χ2n) is 4.79. The van der Waals surface area contributed by atoms with Gasteiger partial charge in [0, 0.05) is 11.8 Å². The summed E-state index contributed by atoms with van der Waals surface area (Å²) < 4.78 is 0. The molecule has 9 nitrogen and oxygen atoms in total. The molecule has 1 atom stereocenters. The molecule has 1 unspecified atom stereocenters. The maximum atomic E-state index is 11.1. The van der Waals surface area contributed by atoms with Crippen molar-refractivity contribution in [3.63, 3.8) is 0 Å². The third-order valence-electron chi connectivity index (χ3n) is 3.41. The minimum Gasteiger partial charge on any atom is -0.392 e. The van der Waals surface area contributed by atoms with Crippen LogP contribution in [0, 0.1) is 17.0 Å². The second-order valence-corrected chi connectivity index (χ2v) is 4.79. The Kier molecular flexibility index (Phi) is 4.22. The van der Waals surface area contributed by atoms with Crippen molar-refractivity contribution in [1.82, 2.24) is 19.8 Å². The van der Waals surface area contributed by atoms with E-state index in [1.54, 1.807) is 18.0 Å². The first-order valence-corrected chi connectivity index (χ1v) is 6.51. The molecule has 0 aromatic carbocycles. The minimum atomic E-state index is -0.457. The van der Waals surface area contributed by atoms with Crippen molar-refractivity contribution in [3.8, 4) is 0 Å². The van der Waals surface area contributed by atoms with Crippen LogP contribution >= 0.6 is 0 Å². The Morgan fingerprint density at radius 3 is 2.86 bits per heavy atom. The summed E-state index contributed by atoms with van der Waals surface area (Å²) >= 11 is 0. The van der Waals surface area contributed by atoms with Crippen LogP contribution in [0.1, 0.15) is 18.3 Å². The molecular formula is C12H18N6O3. The second kappa shape index (κ2) is 5.92. The first-order chi connectivity index (χ1) is 9.93. The highest BCUT2D eigenvalue weighted by molar-refractivity contribution is 5.37. The molecule has 0 saturated heterocycles. The van der Waals surface area contributed by atoms with E-state index in [1.165, 1.54) is 11.1 Å². The van der Waals surface area contributed by atoms with Gasteiger partial charge in [0.15, 0.2) is 6.17 Å². The van der Waals surface area contributed by atoms with Gasteiger partial charge in [-0.2, -0.15) is 0 Å². The van der Waals surface area contributed by atoms with Crippen molar-refractivity contribution in [2.24, 2.45) is 0 Å². The molecule has 0 aliphatic carbocycles. The molecule has 0 fully saturated rings. The van der Waals surface area contributed by atoms with Gasteiger partial charge in [-0.05, 0) is 18.8 Å². The minimum absolute atomic E-state index is 0.0387. The van der Waals surface area contributed by atoms with Gasteiger partial charge in [0.25, 0.3) is 0 Å². The average Bonchev–Trinajstić information content (AvgIpc) is 2.72. The van der Waals surface area contributed by atoms with Crippen LogP contribution in [0.4, 0.5) is 5.82 Å². The number of β-amino-alcohol motifs (C(OH)–C–C–N with tert-alkyl or cyclic N) is 1. The van der Waals surface area contributed by atoms with Gasteiger partial charge in [0.05, 0.1) is 19.4 Å². The summed E-state index contributed by atoms with van der Waals surface area (Å²) in [5, 5.41) is 20.1. The fourth-order valence-electron chi connectivity index (χ4n) is 2.27. The van der Waals surface area contributed by atoms with Crippen LogP contribution in [0.2, 0.25) is 0 Å². The third-order valence-corrected chi connectivity index (χ3v) is 3.41. The summed E-state index contributed by atoms with van der Waals surface area (Å²) in [7, 11) is 0. The Balaban J connectivity index is 2.22. The van der Waals surface area contributed by atoms with Crippen LogP contribution in [0.25, 0.3) is 0 Å². The van der Waals surface area contributed by atoms with Crippen molar-refractivity contribution in [1.29, 1.82) is 0 Å². The number of aliphatic hydroxyl groups is 1. The lowest BCUT2D eigenvalue weighted by molar-refractivity contribution is -0.445. The molecule has 1 aliphatic heterocycles. The first-order valence-electron chi connectivity index (χ1n) is 6.51. The lowest BCUT2D eigenvalue weighted by Gasteiger charge is -2.25. The molecule has 0 radical (unpaired) electrons. The molecule has 0 saturated carbocycles. The molecule has 3 N–H and O–H groups in total. The Morgan fingerprint density at radius 2 is 2.29 bits per heavy atom. The van der Waals surface area contributed by atoms with E-state index in [9.17, 15) is 10.1 Å². The van der Waals surface area contributed by atoms with Crippen LogP contribution in [0.3, 0.4) is 0 Å². The number of nitrogens with zero attached hydrogens (tertiary/aromatic N) is 5. The smallest absolute Gasteiger partial charge is 0.336 e. The first kappa shape index (κ1) is 15.0. The zero-order valence-corrected chi connectivity index (χ0v) is 11.9. The Morgan fingerprint density at radius 1 is 1.57 bits per heavy atom. The monoisotopic (exact) mass is 294 g/mol. The number of rotatable bonds is 5. The summed E-state index contributed by atoms with van der Waals surface area (Å²) in [6.45, 7) is 3.98. The van der Waals surface area contributed by atoms with Crippen molar-refractivity contribution in [2.45, 2.75) is 26.6 Å². The number of hydrogen-bond donors (Lipinski definition) is 2. The van der Waals surface area contributed by atoms with Gasteiger partial charge >= 0.3 is 5.82 Å². The van der Waals surface area contributed by atoms with Crippen molar-refractivity contribution >= 4 is 5.82 Å². The molecule has 1 aliphatic rings. The molecule has 1 aromatic rings. The molecule has 114 valence electrons. The molecule has 2 rings (SSSR count). The number of anilines is 1. The summed E-state index contributed by atoms with van der Waals surface area (Å²) in [5.74, 6) is 0.906. The molecule has 0 bridgehead atoms. The molecule has 21 heavy (non-hydrogen) atoms. The van der Waals surface area contributed by atoms with E-state index in [1.807, 2.05) is 6.92 Å². The lowest BCUT2D eigenvalue weighted by Crippen LogP contribution is -2.39. The summed E-state index contributed by atoms with van der Waals surface area (Å²) in [6.07, 6.45) is 2.83. The van der Waals surface area contributed by atoms with Gasteiger partial charge in [-0.3, -0.25) is 0 Å². The highest BCUT2D eigenvalue weighted by Gasteiger charge is 2.37. The predicted molar refractivity (Wildman–Crippen MR) is 75.1 cm³/mol. The summed E-state index contributed by atoms with van der Waals surface area (Å²) in [5.41, 5.74) is 6.55. The van der Waals surface area contributed by atoms with E-state index in [2.05, 4.69) is 9.97 Å². The highest BCUT2D eigenvalue weighted by atomic mass is 16.6. The maximum Gasteiger partial charge on any atom is 0.336 e. The van der Waals surface area contributed by atoms with Crippen LogP contribution in [0.5, 0.6) is 0 Å². The van der Waals surface area contributed by atoms with E-state index in [0.29, 0.717) is 23.8 Å². The lowest BCUT2D eigenvalue weighted by atomic mass is 10.2. The van der Waals surface area contributed by atoms with Gasteiger partial charge in [0.1, 0.15) is 18.2 Å². The zero-order chi connectivity index (χ0) is 15.6. The average molecular weight is 294 g/mol. The summed E-state index contributed by atoms with van der Waals surface area (Å²) in [4.78, 5) is 22.1. The van der Waals surface area contributed by atoms with E-state index < -0.39 is 4.92 Å². The van der Waals surface area contributed by atoms with Gasteiger partial charge in [-0.15, -0.1) is 0 Å². The van der Waals surface area contributed by atoms with Crippen molar-refractivity contribution in [3.05, 3.63) is 39.7 Å². The normalized spacial score (nSPS) is 18.0. The molecule has 2 heterocycles. The van der Waals surface area contributed by atoms with Crippen molar-refractivity contribution in [2.75, 3.05) is 18.9 Å². The maximum absolute atomic E-state index is 11.1. The zero-order valence-electron chi connectivity index (χ0n) is 11.9. The fourth-order valence-corrected chi connectivity index (χ4v) is 2.27. The number of aryl methyl sites for hydroxylation is 1. The van der Waals surface area contributed by atoms with Crippen LogP contribution in [-0.2, 0) is 6.54 Å². The Labute approximate surface area is 121 Å². The number of aliphatic hydroxyl groups excluding tert-OH is 1. The molecule has 9 heteroatoms. The largest absolute Gasteiger partial charge is 0.392 e. The predicted octanol–water partition coefficient (Wildman–Crippen LogP) is -0.101. The third kappa shape index (κ3) is 3.02. The number of aromatic nitrogens is 2. The van der Waals surface area contributed by atoms with E-state index in [4.69, 9.17) is 10.8 Å². The van der Waals surface area contributed by atoms with Crippen LogP contribution in [0.15, 0.2) is 18.2 Å². The number of nitrogens with two attached hydrogens (primary N) is 1. The Hall–Kier alpha value is -2.42. The topological polar surface area (TPSA) is 122 Å². The van der Waals surface area contributed by atoms with E-state index in [0.717, 1.165) is 0 Å². The van der Waals surface area contributed by atoms with Crippen LogP contribution < -0.4 is 5.73 Å². The van der Waals surface area contributed by atoms with Crippen molar-refractivity contribution < 1.29 is 10.0 Å². The van der Waals surface area contributed by atoms with Gasteiger partial charge in [-0.1, -0.05) is 0 Å². The standard InChI is InChI=1S/C12H18N6O3/c1-8-14-5-10(12(13)15-8)6-16-7-11(18(20)21)17(3-4-19)9(16)2/h5,7,9,19H,3-4,6H2,1-2H3,(H2,13,14,15). The Bertz CT molecular complexity index is 576.